The fourth-order valence-electron chi connectivity index (χ4n) is 7.90. The van der Waals surface area contributed by atoms with E-state index in [4.69, 9.17) is 0 Å². The smallest absolute Gasteiger partial charge is 0.294 e. The third kappa shape index (κ3) is 5.19. The maximum atomic E-state index is 15.0. The highest BCUT2D eigenvalue weighted by molar-refractivity contribution is 5.93. The molecule has 16 heteroatoms. The number of aromatic amines is 1. The van der Waals surface area contributed by atoms with Gasteiger partial charge >= 0.3 is 0 Å². The first-order chi connectivity index (χ1) is 22.1. The van der Waals surface area contributed by atoms with Crippen molar-refractivity contribution in [1.29, 1.82) is 0 Å². The van der Waals surface area contributed by atoms with Crippen LogP contribution < -0.4 is 5.32 Å². The maximum Gasteiger partial charge on any atom is 0.294 e. The number of likely N-dealkylation sites (tertiary alicyclic amines) is 1. The predicted octanol–water partition coefficient (Wildman–Crippen LogP) is 5.05. The molecule has 5 fully saturated rings. The minimum absolute atomic E-state index is 0.0686. The molecule has 3 N–H and O–H groups in total. The first kappa shape index (κ1) is 31.6. The van der Waals surface area contributed by atoms with E-state index in [1.807, 2.05) is 0 Å². The number of alkyl halides is 5. The fourth-order valence-corrected chi connectivity index (χ4v) is 7.90. The Morgan fingerprint density at radius 2 is 1.85 bits per heavy atom. The zero-order chi connectivity index (χ0) is 33.6. The molecule has 1 saturated heterocycles. The summed E-state index contributed by atoms with van der Waals surface area (Å²) in [7, 11) is 0. The van der Waals surface area contributed by atoms with E-state index in [0.29, 0.717) is 11.6 Å². The number of aryl methyl sites for hydroxylation is 1. The van der Waals surface area contributed by atoms with Crippen LogP contribution in [0.2, 0.25) is 0 Å². The number of rotatable bonds is 8. The van der Waals surface area contributed by atoms with Gasteiger partial charge in [0.15, 0.2) is 11.3 Å². The molecule has 4 saturated carbocycles. The van der Waals surface area contributed by atoms with Crippen molar-refractivity contribution in [3.63, 3.8) is 0 Å². The Morgan fingerprint density at radius 1 is 1.15 bits per heavy atom. The monoisotopic (exact) mass is 663 g/mol. The Bertz CT molecular complexity index is 1730. The highest BCUT2D eigenvalue weighted by Crippen LogP contribution is 2.70. The number of imidazole rings is 1. The Hall–Kier alpha value is -3.95. The molecule has 47 heavy (non-hydrogen) atoms. The van der Waals surface area contributed by atoms with Crippen molar-refractivity contribution in [2.75, 3.05) is 6.54 Å². The molecule has 0 unspecified atom stereocenters. The molecule has 2 bridgehead atoms. The van der Waals surface area contributed by atoms with E-state index < -0.39 is 65.3 Å². The Kier molecular flexibility index (Phi) is 7.09. The number of H-pyrrole nitrogens is 1. The molecule has 0 radical (unpaired) electrons. The van der Waals surface area contributed by atoms with Crippen molar-refractivity contribution in [2.45, 2.75) is 99.9 Å². The van der Waals surface area contributed by atoms with E-state index in [1.165, 1.54) is 17.9 Å². The number of piperidine rings is 1. The summed E-state index contributed by atoms with van der Waals surface area (Å²) in [5.41, 5.74) is -3.87. The van der Waals surface area contributed by atoms with Crippen LogP contribution in [0.15, 0.2) is 29.4 Å². The summed E-state index contributed by atoms with van der Waals surface area (Å²) in [4.78, 5) is 40.6. The predicted molar refractivity (Wildman–Crippen MR) is 154 cm³/mol. The van der Waals surface area contributed by atoms with Crippen LogP contribution in [-0.4, -0.2) is 76.7 Å². The number of hydrogen-bond acceptors (Lipinski definition) is 8. The minimum Gasteiger partial charge on any atom is -0.383 e. The molecule has 2 amide bonds. The molecule has 1 aliphatic heterocycles. The number of amides is 2. The summed E-state index contributed by atoms with van der Waals surface area (Å²) in [6.07, 6.45) is -0.887. The van der Waals surface area contributed by atoms with Crippen LogP contribution in [0.1, 0.15) is 97.6 Å². The number of nitrogens with zero attached hydrogens (tertiary/aromatic N) is 5. The van der Waals surface area contributed by atoms with Crippen LogP contribution in [0.4, 0.5) is 22.0 Å². The molecule has 3 aromatic rings. The van der Waals surface area contributed by atoms with Crippen molar-refractivity contribution in [1.82, 2.24) is 35.5 Å². The van der Waals surface area contributed by atoms with Crippen molar-refractivity contribution >= 4 is 23.0 Å². The summed E-state index contributed by atoms with van der Waals surface area (Å²) in [5.74, 6) is -7.67. The van der Waals surface area contributed by atoms with Crippen LogP contribution in [0.25, 0.3) is 11.2 Å². The molecule has 3 atom stereocenters. The molecular weight excluding hydrogens is 629 g/mol. The summed E-state index contributed by atoms with van der Waals surface area (Å²) in [5, 5.41) is 21.2. The molecule has 8 rings (SSSR count). The van der Waals surface area contributed by atoms with Gasteiger partial charge in [-0.05, 0) is 68.3 Å². The molecule has 11 nitrogen and oxygen atoms in total. The highest BCUT2D eigenvalue weighted by Gasteiger charge is 2.74. The number of hydrogen-bond donors (Lipinski definition) is 3. The van der Waals surface area contributed by atoms with E-state index in [0.717, 1.165) is 0 Å². The first-order valence-corrected chi connectivity index (χ1v) is 15.6. The molecule has 0 spiro atoms. The lowest BCUT2D eigenvalue weighted by Crippen LogP contribution is -2.71. The van der Waals surface area contributed by atoms with Gasteiger partial charge in [-0.2, -0.15) is 8.78 Å². The van der Waals surface area contributed by atoms with Gasteiger partial charge in [0.2, 0.25) is 11.8 Å². The highest BCUT2D eigenvalue weighted by atomic mass is 19.3. The third-order valence-electron chi connectivity index (χ3n) is 10.6. The second-order valence-electron chi connectivity index (χ2n) is 13.9. The number of aliphatic hydroxyl groups is 1. The number of pyridine rings is 1. The van der Waals surface area contributed by atoms with E-state index in [2.05, 4.69) is 41.8 Å². The van der Waals surface area contributed by atoms with E-state index >= 15 is 0 Å². The number of fused-ring (bicyclic) bond motifs is 1. The molecule has 5 aliphatic rings. The number of carbonyl (C=O) groups is 2. The van der Waals surface area contributed by atoms with Gasteiger partial charge in [-0.25, -0.2) is 27.8 Å². The van der Waals surface area contributed by atoms with Gasteiger partial charge < -0.3 is 20.3 Å². The largest absolute Gasteiger partial charge is 0.383 e. The fraction of sp³-hybridized carbons (Fsp3) is 0.613. The summed E-state index contributed by atoms with van der Waals surface area (Å²) >= 11 is 0. The van der Waals surface area contributed by atoms with Crippen LogP contribution in [0.5, 0.6) is 0 Å². The number of halogens is 5. The average molecular weight is 664 g/mol. The van der Waals surface area contributed by atoms with Gasteiger partial charge in [-0.15, -0.1) is 0 Å². The van der Waals surface area contributed by atoms with Gasteiger partial charge in [0.05, 0.1) is 28.7 Å². The third-order valence-corrected chi connectivity index (χ3v) is 10.6. The SMILES string of the molecule is C=CC(F)(F)[C@]1(O)CCN(C(=O)C23CC(F)(C2)C3)[C@@H](c2ccc3[nH]c([C@@H](NC(=O)c4nonc4C)C4CCC(F)(F)CC4)nc3n2)C1. The Morgan fingerprint density at radius 3 is 2.47 bits per heavy atom. The molecule has 4 heterocycles. The number of nitrogens with one attached hydrogen (secondary N) is 2. The maximum absolute atomic E-state index is 15.0. The van der Waals surface area contributed by atoms with Gasteiger partial charge in [-0.1, -0.05) is 11.7 Å². The second-order valence-corrected chi connectivity index (χ2v) is 13.9. The van der Waals surface area contributed by atoms with Crippen molar-refractivity contribution in [3.05, 3.63) is 47.7 Å². The van der Waals surface area contributed by atoms with Crippen LogP contribution in [0, 0.1) is 18.3 Å². The lowest BCUT2D eigenvalue weighted by Gasteiger charge is -2.65. The zero-order valence-corrected chi connectivity index (χ0v) is 25.5. The Balaban J connectivity index is 1.22. The van der Waals surface area contributed by atoms with Gasteiger partial charge in [0.25, 0.3) is 11.8 Å². The van der Waals surface area contributed by atoms with Gasteiger partial charge in [0.1, 0.15) is 22.8 Å². The minimum atomic E-state index is -3.66. The van der Waals surface area contributed by atoms with E-state index in [-0.39, 0.29) is 86.0 Å². The van der Waals surface area contributed by atoms with Crippen LogP contribution in [-0.2, 0) is 4.79 Å². The molecule has 3 aromatic heterocycles. The summed E-state index contributed by atoms with van der Waals surface area (Å²) in [6.45, 7) is 4.51. The van der Waals surface area contributed by atoms with Crippen LogP contribution >= 0.6 is 0 Å². The normalized spacial score (nSPS) is 31.1. The van der Waals surface area contributed by atoms with E-state index in [1.54, 1.807) is 6.07 Å². The zero-order valence-electron chi connectivity index (χ0n) is 25.5. The van der Waals surface area contributed by atoms with Gasteiger partial charge in [0, 0.05) is 32.2 Å². The summed E-state index contributed by atoms with van der Waals surface area (Å²) < 4.78 is 77.0. The number of aromatic nitrogens is 5. The van der Waals surface area contributed by atoms with Crippen molar-refractivity contribution < 1.29 is 41.3 Å². The molecular formula is C31H34F5N7O4. The second kappa shape index (κ2) is 10.5. The first-order valence-electron chi connectivity index (χ1n) is 15.6. The van der Waals surface area contributed by atoms with E-state index in [9.17, 15) is 36.6 Å². The average Bonchev–Trinajstić information content (AvgIpc) is 3.63. The molecule has 252 valence electrons. The standard InChI is InChI=1S/C31H34F5N7O4/c1-3-31(35,36)29(46)10-11-43(26(45)27-13-28(32,14-27)15-27)20(12-29)18-4-5-19-23(37-18)40-24(38-19)22(17-6-8-30(33,34)9-7-17)39-25(44)21-16(2)41-47-42-21/h3-5,17,20,22,46H,1,6-15H2,2H3,(H,39,44)(H,37,38,40)/t20-,22+,27?,28?,29+/m1/s1. The quantitative estimate of drug-likeness (QED) is 0.224. The molecule has 0 aromatic carbocycles. The molecule has 4 aliphatic carbocycles. The Labute approximate surface area is 265 Å². The topological polar surface area (TPSA) is 150 Å². The summed E-state index contributed by atoms with van der Waals surface area (Å²) in [6, 6.07) is 1.19. The van der Waals surface area contributed by atoms with Crippen LogP contribution in [0.3, 0.4) is 0 Å². The van der Waals surface area contributed by atoms with Crippen molar-refractivity contribution in [2.24, 2.45) is 11.3 Å². The number of carbonyl (C=O) groups excluding carboxylic acids is 2. The lowest BCUT2D eigenvalue weighted by molar-refractivity contribution is -0.231. The van der Waals surface area contributed by atoms with Crippen molar-refractivity contribution in [3.8, 4) is 0 Å². The lowest BCUT2D eigenvalue weighted by atomic mass is 9.41. The van der Waals surface area contributed by atoms with Gasteiger partial charge in [-0.3, -0.25) is 9.59 Å².